The molecule has 0 amide bonds. The van der Waals surface area contributed by atoms with E-state index in [0.29, 0.717) is 12.4 Å². The maximum atomic E-state index is 5.86. The monoisotopic (exact) mass is 379 g/mol. The fraction of sp³-hybridized carbons (Fsp3) is 0.133. The fourth-order valence-corrected chi connectivity index (χ4v) is 2.80. The van der Waals surface area contributed by atoms with Crippen molar-refractivity contribution in [2.45, 2.75) is 6.92 Å². The van der Waals surface area contributed by atoms with Gasteiger partial charge in [-0.15, -0.1) is 0 Å². The number of rotatable bonds is 3. The third-order valence-corrected chi connectivity index (χ3v) is 4.27. The van der Waals surface area contributed by atoms with E-state index in [1.165, 1.54) is 0 Å². The van der Waals surface area contributed by atoms with Crippen LogP contribution >= 0.6 is 22.6 Å². The summed E-state index contributed by atoms with van der Waals surface area (Å²) in [6.07, 6.45) is 0. The van der Waals surface area contributed by atoms with E-state index >= 15 is 0 Å². The molecule has 102 valence electrons. The topological polar surface area (TPSA) is 63.9 Å². The van der Waals surface area contributed by atoms with Crippen LogP contribution < -0.4 is 10.5 Å². The van der Waals surface area contributed by atoms with Crippen molar-refractivity contribution in [2.24, 2.45) is 0 Å². The Hall–Kier alpha value is -1.76. The highest BCUT2D eigenvalue weighted by molar-refractivity contribution is 14.1. The molecule has 0 radical (unpaired) electrons. The maximum absolute atomic E-state index is 5.86. The third kappa shape index (κ3) is 2.11. The molecule has 20 heavy (non-hydrogen) atoms. The lowest BCUT2D eigenvalue weighted by Crippen LogP contribution is -1.96. The summed E-state index contributed by atoms with van der Waals surface area (Å²) in [6.45, 7) is 2.59. The van der Waals surface area contributed by atoms with Crippen molar-refractivity contribution >= 4 is 39.2 Å². The number of H-pyrrole nitrogens is 1. The van der Waals surface area contributed by atoms with Gasteiger partial charge in [0.2, 0.25) is 0 Å². The minimum Gasteiger partial charge on any atom is -0.493 e. The first kappa shape index (κ1) is 13.2. The number of nitrogens with one attached hydrogen (secondary N) is 1. The van der Waals surface area contributed by atoms with Crippen molar-refractivity contribution in [3.05, 3.63) is 40.0 Å². The SMILES string of the molecule is CCOc1ccc2ccccc2c1-c1[nH]nc(N)c1I. The highest BCUT2D eigenvalue weighted by atomic mass is 127. The quantitative estimate of drug-likeness (QED) is 0.681. The zero-order valence-electron chi connectivity index (χ0n) is 11.0. The highest BCUT2D eigenvalue weighted by Gasteiger charge is 2.17. The molecular formula is C15H14IN3O. The van der Waals surface area contributed by atoms with E-state index in [1.807, 2.05) is 25.1 Å². The Morgan fingerprint density at radius 1 is 1.25 bits per heavy atom. The van der Waals surface area contributed by atoms with Crippen LogP contribution in [0.2, 0.25) is 0 Å². The van der Waals surface area contributed by atoms with E-state index in [1.54, 1.807) is 0 Å². The lowest BCUT2D eigenvalue weighted by atomic mass is 10.0. The van der Waals surface area contributed by atoms with Gasteiger partial charge in [-0.25, -0.2) is 0 Å². The zero-order chi connectivity index (χ0) is 14.1. The number of fused-ring (bicyclic) bond motifs is 1. The standard InChI is InChI=1S/C15H14IN3O/c1-2-20-11-8-7-9-5-3-4-6-10(9)12(11)14-13(16)15(17)19-18-14/h3-8H,2H2,1H3,(H3,17,18,19). The van der Waals surface area contributed by atoms with Gasteiger partial charge in [-0.2, -0.15) is 5.10 Å². The number of anilines is 1. The third-order valence-electron chi connectivity index (χ3n) is 3.17. The second-order valence-corrected chi connectivity index (χ2v) is 5.47. The average molecular weight is 379 g/mol. The molecule has 5 heteroatoms. The number of nitrogen functional groups attached to an aromatic ring is 1. The van der Waals surface area contributed by atoms with Crippen molar-refractivity contribution in [1.29, 1.82) is 0 Å². The first-order valence-electron chi connectivity index (χ1n) is 6.36. The smallest absolute Gasteiger partial charge is 0.159 e. The molecule has 0 saturated heterocycles. The molecule has 1 aromatic heterocycles. The zero-order valence-corrected chi connectivity index (χ0v) is 13.1. The summed E-state index contributed by atoms with van der Waals surface area (Å²) in [4.78, 5) is 0. The Morgan fingerprint density at radius 3 is 2.75 bits per heavy atom. The molecule has 0 fully saturated rings. The number of aromatic amines is 1. The van der Waals surface area contributed by atoms with Gasteiger partial charge >= 0.3 is 0 Å². The first-order valence-corrected chi connectivity index (χ1v) is 7.44. The Labute approximate surface area is 130 Å². The first-order chi connectivity index (χ1) is 9.72. The van der Waals surface area contributed by atoms with Crippen molar-refractivity contribution in [3.63, 3.8) is 0 Å². The molecule has 0 saturated carbocycles. The number of hydrogen-bond donors (Lipinski definition) is 2. The van der Waals surface area contributed by atoms with Gasteiger partial charge in [0.05, 0.1) is 21.4 Å². The van der Waals surface area contributed by atoms with E-state index in [9.17, 15) is 0 Å². The predicted molar refractivity (Wildman–Crippen MR) is 89.8 cm³/mol. The summed E-state index contributed by atoms with van der Waals surface area (Å²) in [5.41, 5.74) is 7.77. The van der Waals surface area contributed by atoms with E-state index in [0.717, 1.165) is 31.3 Å². The summed E-state index contributed by atoms with van der Waals surface area (Å²) in [6, 6.07) is 12.3. The molecule has 0 bridgehead atoms. The van der Waals surface area contributed by atoms with Crippen LogP contribution in [0.25, 0.3) is 22.0 Å². The lowest BCUT2D eigenvalue weighted by molar-refractivity contribution is 0.342. The van der Waals surface area contributed by atoms with Gasteiger partial charge in [0.25, 0.3) is 0 Å². The number of halogens is 1. The number of nitrogens with two attached hydrogens (primary N) is 1. The molecule has 0 atom stereocenters. The number of benzene rings is 2. The van der Waals surface area contributed by atoms with Crippen molar-refractivity contribution < 1.29 is 4.74 Å². The van der Waals surface area contributed by atoms with Crippen LogP contribution in [-0.2, 0) is 0 Å². The Bertz CT molecular complexity index is 767. The van der Waals surface area contributed by atoms with E-state index in [2.05, 4.69) is 51.0 Å². The minimum absolute atomic E-state index is 0.510. The molecule has 2 aromatic carbocycles. The lowest BCUT2D eigenvalue weighted by Gasteiger charge is -2.12. The van der Waals surface area contributed by atoms with Crippen LogP contribution in [0.1, 0.15) is 6.92 Å². The van der Waals surface area contributed by atoms with Gasteiger partial charge in [0.1, 0.15) is 5.75 Å². The highest BCUT2D eigenvalue weighted by Crippen LogP contribution is 2.39. The normalized spacial score (nSPS) is 10.9. The van der Waals surface area contributed by atoms with Crippen LogP contribution in [0.5, 0.6) is 5.75 Å². The predicted octanol–water partition coefficient (Wildman–Crippen LogP) is 3.82. The molecular weight excluding hydrogens is 365 g/mol. The molecule has 3 rings (SSSR count). The van der Waals surface area contributed by atoms with Crippen LogP contribution in [0.3, 0.4) is 0 Å². The van der Waals surface area contributed by atoms with Gasteiger partial charge in [-0.05, 0) is 46.4 Å². The molecule has 0 spiro atoms. The van der Waals surface area contributed by atoms with Crippen LogP contribution in [0.15, 0.2) is 36.4 Å². The van der Waals surface area contributed by atoms with Crippen molar-refractivity contribution in [1.82, 2.24) is 10.2 Å². The second-order valence-electron chi connectivity index (χ2n) is 4.39. The second kappa shape index (κ2) is 5.32. The Morgan fingerprint density at radius 2 is 2.05 bits per heavy atom. The van der Waals surface area contributed by atoms with Crippen molar-refractivity contribution in [3.8, 4) is 17.0 Å². The summed E-state index contributed by atoms with van der Waals surface area (Å²) >= 11 is 2.21. The van der Waals surface area contributed by atoms with Gasteiger partial charge in [0.15, 0.2) is 5.82 Å². The van der Waals surface area contributed by atoms with E-state index < -0.39 is 0 Å². The molecule has 1 heterocycles. The molecule has 0 aliphatic heterocycles. The van der Waals surface area contributed by atoms with E-state index in [-0.39, 0.29) is 0 Å². The fourth-order valence-electron chi connectivity index (χ4n) is 2.29. The average Bonchev–Trinajstić information content (AvgIpc) is 2.79. The summed E-state index contributed by atoms with van der Waals surface area (Å²) < 4.78 is 6.69. The van der Waals surface area contributed by atoms with Crippen molar-refractivity contribution in [2.75, 3.05) is 12.3 Å². The number of aromatic nitrogens is 2. The number of hydrogen-bond acceptors (Lipinski definition) is 3. The maximum Gasteiger partial charge on any atom is 0.159 e. The van der Waals surface area contributed by atoms with Gasteiger partial charge in [0, 0.05) is 0 Å². The summed E-state index contributed by atoms with van der Waals surface area (Å²) in [5, 5.41) is 9.40. The largest absolute Gasteiger partial charge is 0.493 e. The molecule has 3 aromatic rings. The van der Waals surface area contributed by atoms with Crippen LogP contribution in [0, 0.1) is 3.57 Å². The molecule has 4 nitrogen and oxygen atoms in total. The number of ether oxygens (including phenoxy) is 1. The Kier molecular flexibility index (Phi) is 3.52. The summed E-state index contributed by atoms with van der Waals surface area (Å²) in [5.74, 6) is 1.35. The molecule has 0 unspecified atom stereocenters. The molecule has 0 aliphatic carbocycles. The van der Waals surface area contributed by atoms with Gasteiger partial charge in [-0.3, -0.25) is 5.10 Å². The molecule has 0 aliphatic rings. The van der Waals surface area contributed by atoms with Gasteiger partial charge < -0.3 is 10.5 Å². The van der Waals surface area contributed by atoms with E-state index in [4.69, 9.17) is 10.5 Å². The van der Waals surface area contributed by atoms with Crippen LogP contribution in [0.4, 0.5) is 5.82 Å². The summed E-state index contributed by atoms with van der Waals surface area (Å²) in [7, 11) is 0. The molecule has 3 N–H and O–H groups in total. The minimum atomic E-state index is 0.510. The van der Waals surface area contributed by atoms with Crippen LogP contribution in [-0.4, -0.2) is 16.8 Å². The van der Waals surface area contributed by atoms with Gasteiger partial charge in [-0.1, -0.05) is 30.3 Å². The Balaban J connectivity index is 2.35. The number of nitrogens with zero attached hydrogens (tertiary/aromatic N) is 1.